The molecule has 8 heteroatoms. The number of rotatable bonds is 5. The zero-order valence-corrected chi connectivity index (χ0v) is 13.6. The van der Waals surface area contributed by atoms with Crippen molar-refractivity contribution in [2.24, 2.45) is 5.92 Å². The van der Waals surface area contributed by atoms with Gasteiger partial charge in [-0.15, -0.1) is 0 Å². The first-order valence-electron chi connectivity index (χ1n) is 8.09. The maximum absolute atomic E-state index is 12.9. The summed E-state index contributed by atoms with van der Waals surface area (Å²) in [6.07, 6.45) is -3.07. The number of aromatic nitrogens is 2. The molecule has 1 heterocycles. The first-order chi connectivity index (χ1) is 11.8. The van der Waals surface area contributed by atoms with Gasteiger partial charge in [0, 0.05) is 11.4 Å². The Morgan fingerprint density at radius 2 is 1.96 bits per heavy atom. The molecular weight excluding hydrogens is 335 g/mol. The van der Waals surface area contributed by atoms with Crippen LogP contribution >= 0.6 is 0 Å². The summed E-state index contributed by atoms with van der Waals surface area (Å²) in [6.45, 7) is 0.379. The molecule has 0 spiro atoms. The van der Waals surface area contributed by atoms with Gasteiger partial charge in [-0.25, -0.2) is 5.10 Å². The number of alkyl halides is 3. The number of nitrogens with zero attached hydrogens (tertiary/aromatic N) is 2. The van der Waals surface area contributed by atoms with Gasteiger partial charge in [-0.1, -0.05) is 18.2 Å². The molecule has 1 aliphatic rings. The second kappa shape index (κ2) is 6.50. The van der Waals surface area contributed by atoms with E-state index in [9.17, 15) is 22.8 Å². The smallest absolute Gasteiger partial charge is 0.330 e. The van der Waals surface area contributed by atoms with E-state index in [-0.39, 0.29) is 18.0 Å². The van der Waals surface area contributed by atoms with Crippen molar-refractivity contribution in [2.45, 2.75) is 38.4 Å². The molecule has 1 saturated carbocycles. The van der Waals surface area contributed by atoms with E-state index in [0.29, 0.717) is 10.8 Å². The molecule has 1 fully saturated rings. The molecule has 1 aromatic carbocycles. The van der Waals surface area contributed by atoms with Gasteiger partial charge in [-0.2, -0.15) is 18.3 Å². The van der Waals surface area contributed by atoms with Crippen LogP contribution in [0.3, 0.4) is 0 Å². The Bertz CT molecular complexity index is 843. The number of benzene rings is 1. The molecule has 2 aromatic rings. The minimum Gasteiger partial charge on any atom is -0.330 e. The van der Waals surface area contributed by atoms with Crippen LogP contribution < -0.4 is 5.56 Å². The van der Waals surface area contributed by atoms with E-state index in [4.69, 9.17) is 0 Å². The Morgan fingerprint density at radius 1 is 1.32 bits per heavy atom. The lowest BCUT2D eigenvalue weighted by Crippen LogP contribution is -2.46. The molecule has 25 heavy (non-hydrogen) atoms. The van der Waals surface area contributed by atoms with Gasteiger partial charge in [0.15, 0.2) is 0 Å². The maximum Gasteiger partial charge on any atom is 0.406 e. The summed E-state index contributed by atoms with van der Waals surface area (Å²) in [4.78, 5) is 25.3. The molecular formula is C17H18F3N3O2. The minimum atomic E-state index is -4.46. The van der Waals surface area contributed by atoms with Crippen LogP contribution in [0.5, 0.6) is 0 Å². The Hall–Kier alpha value is -2.38. The number of halogens is 3. The van der Waals surface area contributed by atoms with Crippen LogP contribution in [0.15, 0.2) is 29.1 Å². The lowest BCUT2D eigenvalue weighted by atomic mass is 10.1. The molecule has 134 valence electrons. The van der Waals surface area contributed by atoms with E-state index < -0.39 is 30.2 Å². The monoisotopic (exact) mass is 353 g/mol. The van der Waals surface area contributed by atoms with Crippen molar-refractivity contribution in [3.63, 3.8) is 0 Å². The third-order valence-electron chi connectivity index (χ3n) is 4.56. The van der Waals surface area contributed by atoms with Gasteiger partial charge in [0.25, 0.3) is 5.56 Å². The quantitative estimate of drug-likeness (QED) is 0.899. The highest BCUT2D eigenvalue weighted by molar-refractivity contribution is 5.88. The van der Waals surface area contributed by atoms with Crippen molar-refractivity contribution in [3.05, 3.63) is 40.3 Å². The van der Waals surface area contributed by atoms with Crippen LogP contribution in [-0.4, -0.2) is 39.8 Å². The van der Waals surface area contributed by atoms with E-state index >= 15 is 0 Å². The number of hydrogen-bond acceptors (Lipinski definition) is 3. The first kappa shape index (κ1) is 17.4. The molecule has 0 aliphatic heterocycles. The van der Waals surface area contributed by atoms with Crippen molar-refractivity contribution >= 4 is 16.7 Å². The van der Waals surface area contributed by atoms with Crippen LogP contribution in [-0.2, 0) is 11.2 Å². The molecule has 1 atom stereocenters. The van der Waals surface area contributed by atoms with E-state index in [1.807, 2.05) is 0 Å². The van der Waals surface area contributed by atoms with Crippen molar-refractivity contribution in [1.82, 2.24) is 15.1 Å². The predicted octanol–water partition coefficient (Wildman–Crippen LogP) is 2.66. The normalized spacial score (nSPS) is 16.0. The topological polar surface area (TPSA) is 66.1 Å². The van der Waals surface area contributed by atoms with Gasteiger partial charge in [0.1, 0.15) is 6.54 Å². The van der Waals surface area contributed by atoms with Gasteiger partial charge < -0.3 is 4.90 Å². The highest BCUT2D eigenvalue weighted by Crippen LogP contribution is 2.36. The fraction of sp³-hybridized carbons (Fsp3) is 0.471. The summed E-state index contributed by atoms with van der Waals surface area (Å²) in [5.41, 5.74) is -0.124. The number of nitrogens with one attached hydrogen (secondary N) is 1. The van der Waals surface area contributed by atoms with Gasteiger partial charge in [0.05, 0.1) is 17.5 Å². The number of carbonyl (C=O) groups is 1. The summed E-state index contributed by atoms with van der Waals surface area (Å²) in [5.74, 6) is -0.520. The Kier molecular flexibility index (Phi) is 4.53. The molecule has 1 N–H and O–H groups in total. The second-order valence-corrected chi connectivity index (χ2v) is 6.44. The van der Waals surface area contributed by atoms with E-state index in [1.165, 1.54) is 0 Å². The summed E-state index contributed by atoms with van der Waals surface area (Å²) in [7, 11) is 0. The molecule has 0 radical (unpaired) electrons. The number of fused-ring (bicyclic) bond motifs is 1. The van der Waals surface area contributed by atoms with Gasteiger partial charge in [-0.05, 0) is 31.7 Å². The Morgan fingerprint density at radius 3 is 2.56 bits per heavy atom. The number of amides is 1. The van der Waals surface area contributed by atoms with Crippen LogP contribution in [0, 0.1) is 5.92 Å². The largest absolute Gasteiger partial charge is 0.406 e. The third-order valence-corrected chi connectivity index (χ3v) is 4.56. The SMILES string of the molecule is C[C@@H](C1CC1)N(CC(F)(F)F)C(=O)Cc1n[nH]c(=O)c2ccccc12. The molecule has 1 aliphatic carbocycles. The molecule has 0 bridgehead atoms. The lowest BCUT2D eigenvalue weighted by molar-refractivity contribution is -0.165. The second-order valence-electron chi connectivity index (χ2n) is 6.44. The number of hydrogen-bond donors (Lipinski definition) is 1. The van der Waals surface area contributed by atoms with Crippen LogP contribution in [0.4, 0.5) is 13.2 Å². The van der Waals surface area contributed by atoms with Crippen LogP contribution in [0.1, 0.15) is 25.5 Å². The van der Waals surface area contributed by atoms with Crippen molar-refractivity contribution < 1.29 is 18.0 Å². The average molecular weight is 353 g/mol. The molecule has 1 aromatic heterocycles. The van der Waals surface area contributed by atoms with Crippen molar-refractivity contribution in [3.8, 4) is 0 Å². The molecule has 1 amide bonds. The highest BCUT2D eigenvalue weighted by atomic mass is 19.4. The van der Waals surface area contributed by atoms with Crippen molar-refractivity contribution in [1.29, 1.82) is 0 Å². The maximum atomic E-state index is 12.9. The fourth-order valence-electron chi connectivity index (χ4n) is 3.04. The van der Waals surface area contributed by atoms with Crippen LogP contribution in [0.2, 0.25) is 0 Å². The minimum absolute atomic E-state index is 0.117. The molecule has 3 rings (SSSR count). The lowest BCUT2D eigenvalue weighted by Gasteiger charge is -2.30. The van der Waals surface area contributed by atoms with Gasteiger partial charge in [-0.3, -0.25) is 9.59 Å². The molecule has 0 saturated heterocycles. The zero-order chi connectivity index (χ0) is 18.2. The Balaban J connectivity index is 1.88. The zero-order valence-electron chi connectivity index (χ0n) is 13.6. The van der Waals surface area contributed by atoms with Crippen molar-refractivity contribution in [2.75, 3.05) is 6.54 Å². The number of aromatic amines is 1. The molecule has 5 nitrogen and oxygen atoms in total. The highest BCUT2D eigenvalue weighted by Gasteiger charge is 2.40. The average Bonchev–Trinajstić information content (AvgIpc) is 3.39. The van der Waals surface area contributed by atoms with Gasteiger partial charge >= 0.3 is 6.18 Å². The standard InChI is InChI=1S/C17H18F3N3O2/c1-10(11-6-7-11)23(9-17(18,19)20)15(24)8-14-12-4-2-3-5-13(12)16(25)22-21-14/h2-5,10-11H,6-9H2,1H3,(H,22,25)/t10-/m0/s1. The molecule has 0 unspecified atom stereocenters. The Labute approximate surface area is 141 Å². The number of H-pyrrole nitrogens is 1. The summed E-state index contributed by atoms with van der Waals surface area (Å²) in [6, 6.07) is 6.12. The van der Waals surface area contributed by atoms with Crippen LogP contribution in [0.25, 0.3) is 10.8 Å². The third kappa shape index (κ3) is 4.00. The van der Waals surface area contributed by atoms with E-state index in [2.05, 4.69) is 10.2 Å². The number of carbonyl (C=O) groups excluding carboxylic acids is 1. The van der Waals surface area contributed by atoms with E-state index in [1.54, 1.807) is 31.2 Å². The first-order valence-corrected chi connectivity index (χ1v) is 8.09. The predicted molar refractivity (Wildman–Crippen MR) is 86.0 cm³/mol. The van der Waals surface area contributed by atoms with E-state index in [0.717, 1.165) is 17.7 Å². The fourth-order valence-corrected chi connectivity index (χ4v) is 3.04. The summed E-state index contributed by atoms with van der Waals surface area (Å²) >= 11 is 0. The summed E-state index contributed by atoms with van der Waals surface area (Å²) in [5, 5.41) is 7.02. The van der Waals surface area contributed by atoms with Gasteiger partial charge in [0.2, 0.25) is 5.91 Å². The summed E-state index contributed by atoms with van der Waals surface area (Å²) < 4.78 is 38.7.